The maximum atomic E-state index is 12.1. The molecule has 4 rings (SSSR count). The predicted octanol–water partition coefficient (Wildman–Crippen LogP) is 2.75. The fourth-order valence-electron chi connectivity index (χ4n) is 4.35. The van der Waals surface area contributed by atoms with Crippen molar-refractivity contribution in [3.63, 3.8) is 0 Å². The fraction of sp³-hybridized carbons (Fsp3) is 0.409. The number of aliphatic carboxylic acids is 1. The Morgan fingerprint density at radius 1 is 1.19 bits per heavy atom. The highest BCUT2D eigenvalue weighted by atomic mass is 19.4. The number of carboxylic acids is 1. The third-order valence-electron chi connectivity index (χ3n) is 5.56. The average molecular weight is 451 g/mol. The van der Waals surface area contributed by atoms with Crippen LogP contribution in [0.3, 0.4) is 0 Å². The van der Waals surface area contributed by atoms with Crippen LogP contribution in [0.1, 0.15) is 28.7 Å². The van der Waals surface area contributed by atoms with Crippen molar-refractivity contribution in [2.75, 3.05) is 26.8 Å². The molecule has 1 aliphatic heterocycles. The number of carboxylic acid groups (broad SMARTS) is 1. The fourth-order valence-corrected chi connectivity index (χ4v) is 4.35. The monoisotopic (exact) mass is 451 g/mol. The van der Waals surface area contributed by atoms with Gasteiger partial charge in [0.2, 0.25) is 5.91 Å². The lowest BCUT2D eigenvalue weighted by Crippen LogP contribution is -2.35. The van der Waals surface area contributed by atoms with E-state index in [0.717, 1.165) is 19.6 Å². The first-order valence-electron chi connectivity index (χ1n) is 9.99. The average Bonchev–Trinajstić information content (AvgIpc) is 3.27. The molecule has 2 aliphatic rings. The van der Waals surface area contributed by atoms with E-state index in [4.69, 9.17) is 14.6 Å². The van der Waals surface area contributed by atoms with E-state index < -0.39 is 12.1 Å². The zero-order chi connectivity index (χ0) is 23.3. The highest BCUT2D eigenvalue weighted by molar-refractivity contribution is 5.78. The molecule has 1 amide bonds. The number of likely N-dealkylation sites (tertiary alicyclic amines) is 1. The lowest BCUT2D eigenvalue weighted by Gasteiger charge is -2.23. The summed E-state index contributed by atoms with van der Waals surface area (Å²) in [4.78, 5) is 27.7. The van der Waals surface area contributed by atoms with Crippen molar-refractivity contribution >= 4 is 11.9 Å². The zero-order valence-electron chi connectivity index (χ0n) is 17.4. The van der Waals surface area contributed by atoms with Gasteiger partial charge in [0.05, 0.1) is 6.04 Å². The smallest absolute Gasteiger partial charge is 0.475 e. The van der Waals surface area contributed by atoms with Gasteiger partial charge in [0.1, 0.15) is 6.61 Å². The van der Waals surface area contributed by atoms with E-state index in [0.29, 0.717) is 11.8 Å². The number of aromatic nitrogens is 1. The number of halogens is 3. The van der Waals surface area contributed by atoms with Crippen molar-refractivity contribution in [1.82, 2.24) is 15.2 Å². The number of hydrogen-bond acceptors (Lipinski definition) is 5. The topological polar surface area (TPSA) is 91.8 Å². The number of benzene rings is 1. The molecule has 0 radical (unpaired) electrons. The van der Waals surface area contributed by atoms with E-state index in [1.165, 1.54) is 16.7 Å². The number of carbonyl (C=O) groups excluding carboxylic acids is 1. The molecule has 0 bridgehead atoms. The summed E-state index contributed by atoms with van der Waals surface area (Å²) in [5, 5.41) is 10.3. The minimum atomic E-state index is -5.08. The second kappa shape index (κ2) is 10.1. The molecule has 1 aliphatic carbocycles. The second-order valence-corrected chi connectivity index (χ2v) is 7.74. The molecule has 1 fully saturated rings. The first-order valence-corrected chi connectivity index (χ1v) is 9.99. The lowest BCUT2D eigenvalue weighted by atomic mass is 9.94. The van der Waals surface area contributed by atoms with Gasteiger partial charge >= 0.3 is 12.1 Å². The van der Waals surface area contributed by atoms with Crippen molar-refractivity contribution in [3.05, 3.63) is 65.5 Å². The summed E-state index contributed by atoms with van der Waals surface area (Å²) < 4.78 is 36.7. The van der Waals surface area contributed by atoms with Gasteiger partial charge in [-0.05, 0) is 22.8 Å². The summed E-state index contributed by atoms with van der Waals surface area (Å²) in [6.45, 7) is 3.01. The van der Waals surface area contributed by atoms with E-state index in [-0.39, 0.29) is 18.6 Å². The lowest BCUT2D eigenvalue weighted by molar-refractivity contribution is -0.192. The number of alkyl halides is 3. The number of hydrogen-bond donors (Lipinski definition) is 2. The standard InChI is InChI=1S/C20H23N3O2.C2HF3O2/c1-25-13-19(24)22-20-16-7-3-2-6-15(16)17-11-23(12-18(17)20)10-14-5-4-8-21-9-14;3-2(4,5)1(6)7/h2-9,17-18,20H,10-13H2,1H3,(H,22,24);(H,6,7)/t17-,18-,20+;/m0./s1. The normalized spacial score (nSPS) is 21.8. The molecule has 1 aromatic heterocycles. The highest BCUT2D eigenvalue weighted by Crippen LogP contribution is 2.49. The Morgan fingerprint density at radius 3 is 2.47 bits per heavy atom. The number of rotatable bonds is 5. The van der Waals surface area contributed by atoms with Crippen molar-refractivity contribution < 1.29 is 32.6 Å². The molecule has 0 unspecified atom stereocenters. The molecule has 32 heavy (non-hydrogen) atoms. The first-order chi connectivity index (χ1) is 15.2. The third-order valence-corrected chi connectivity index (χ3v) is 5.56. The first kappa shape index (κ1) is 23.7. The minimum Gasteiger partial charge on any atom is -0.475 e. The van der Waals surface area contributed by atoms with Gasteiger partial charge in [-0.25, -0.2) is 4.79 Å². The van der Waals surface area contributed by atoms with E-state index in [2.05, 4.69) is 45.5 Å². The van der Waals surface area contributed by atoms with Gasteiger partial charge in [0.25, 0.3) is 0 Å². The van der Waals surface area contributed by atoms with E-state index >= 15 is 0 Å². The summed E-state index contributed by atoms with van der Waals surface area (Å²) in [6, 6.07) is 12.7. The summed E-state index contributed by atoms with van der Waals surface area (Å²) in [5.41, 5.74) is 3.88. The van der Waals surface area contributed by atoms with Crippen molar-refractivity contribution in [3.8, 4) is 0 Å². The number of pyridine rings is 1. The number of fused-ring (bicyclic) bond motifs is 3. The van der Waals surface area contributed by atoms with Crippen LogP contribution in [-0.4, -0.2) is 59.8 Å². The number of methoxy groups -OCH3 is 1. The maximum Gasteiger partial charge on any atom is 0.490 e. The number of ether oxygens (including phenoxy) is 1. The molecule has 172 valence electrons. The van der Waals surface area contributed by atoms with Gasteiger partial charge in [-0.2, -0.15) is 13.2 Å². The van der Waals surface area contributed by atoms with Gasteiger partial charge in [-0.1, -0.05) is 30.3 Å². The Kier molecular flexibility index (Phi) is 7.47. The van der Waals surface area contributed by atoms with E-state index in [9.17, 15) is 18.0 Å². The maximum absolute atomic E-state index is 12.1. The Hall–Kier alpha value is -2.98. The predicted molar refractivity (Wildman–Crippen MR) is 109 cm³/mol. The molecule has 1 saturated heterocycles. The second-order valence-electron chi connectivity index (χ2n) is 7.74. The van der Waals surface area contributed by atoms with Gasteiger partial charge in [-0.15, -0.1) is 0 Å². The molecule has 2 aromatic rings. The van der Waals surface area contributed by atoms with Crippen LogP contribution in [0, 0.1) is 5.92 Å². The van der Waals surface area contributed by atoms with Crippen LogP contribution in [0.5, 0.6) is 0 Å². The van der Waals surface area contributed by atoms with Crippen LogP contribution in [-0.2, 0) is 20.9 Å². The number of amides is 1. The summed E-state index contributed by atoms with van der Waals surface area (Å²) >= 11 is 0. The molecule has 7 nitrogen and oxygen atoms in total. The Labute approximate surface area is 183 Å². The number of nitrogens with zero attached hydrogens (tertiary/aromatic N) is 2. The van der Waals surface area contributed by atoms with E-state index in [1.54, 1.807) is 13.3 Å². The Bertz CT molecular complexity index is 940. The minimum absolute atomic E-state index is 0.0475. The summed E-state index contributed by atoms with van der Waals surface area (Å²) in [5.74, 6) is -1.92. The summed E-state index contributed by atoms with van der Waals surface area (Å²) in [6.07, 6.45) is -1.35. The zero-order valence-corrected chi connectivity index (χ0v) is 17.4. The molecule has 0 spiro atoms. The molecular formula is C22H24F3N3O4. The van der Waals surface area contributed by atoms with Crippen molar-refractivity contribution in [1.29, 1.82) is 0 Å². The Balaban J connectivity index is 0.000000360. The molecule has 10 heteroatoms. The van der Waals surface area contributed by atoms with Crippen LogP contribution in [0.15, 0.2) is 48.8 Å². The van der Waals surface area contributed by atoms with Gasteiger partial charge in [0, 0.05) is 51.0 Å². The third kappa shape index (κ3) is 5.63. The highest BCUT2D eigenvalue weighted by Gasteiger charge is 2.46. The molecule has 2 heterocycles. The number of carbonyl (C=O) groups is 2. The van der Waals surface area contributed by atoms with Crippen LogP contribution in [0.25, 0.3) is 0 Å². The van der Waals surface area contributed by atoms with Crippen LogP contribution in [0.4, 0.5) is 13.2 Å². The van der Waals surface area contributed by atoms with Crippen molar-refractivity contribution in [2.45, 2.75) is 24.7 Å². The molecule has 1 aromatic carbocycles. The summed E-state index contributed by atoms with van der Waals surface area (Å²) in [7, 11) is 1.55. The molecule has 2 N–H and O–H groups in total. The van der Waals surface area contributed by atoms with E-state index in [1.807, 2.05) is 12.3 Å². The van der Waals surface area contributed by atoms with Gasteiger partial charge in [0.15, 0.2) is 0 Å². The number of nitrogens with one attached hydrogen (secondary N) is 1. The SMILES string of the molecule is COCC(=O)N[C@@H]1c2ccccc2[C@@H]2CN(Cc3cccnc3)C[C@H]12.O=C(O)C(F)(F)F. The van der Waals surface area contributed by atoms with Crippen LogP contribution in [0.2, 0.25) is 0 Å². The van der Waals surface area contributed by atoms with Crippen LogP contribution >= 0.6 is 0 Å². The van der Waals surface area contributed by atoms with Crippen molar-refractivity contribution in [2.24, 2.45) is 5.92 Å². The Morgan fingerprint density at radius 2 is 1.88 bits per heavy atom. The van der Waals surface area contributed by atoms with Gasteiger partial charge in [-0.3, -0.25) is 14.7 Å². The molecular weight excluding hydrogens is 427 g/mol. The quantitative estimate of drug-likeness (QED) is 0.727. The molecule has 3 atom stereocenters. The van der Waals surface area contributed by atoms with Crippen LogP contribution < -0.4 is 5.32 Å². The largest absolute Gasteiger partial charge is 0.490 e. The molecule has 0 saturated carbocycles. The van der Waals surface area contributed by atoms with Gasteiger partial charge < -0.3 is 15.2 Å².